The molecule has 0 heterocycles. The highest BCUT2D eigenvalue weighted by Crippen LogP contribution is 2.08. The highest BCUT2D eigenvalue weighted by molar-refractivity contribution is 5.66. The second kappa shape index (κ2) is 8.05. The SMILES string of the molecule is O=NN(CCCC(=O)O)CCOc1ccccc1. The lowest BCUT2D eigenvalue weighted by atomic mass is 10.3. The highest BCUT2D eigenvalue weighted by atomic mass is 16.5. The molecular formula is C12H16N2O4. The van der Waals surface area contributed by atoms with Crippen molar-refractivity contribution >= 4 is 5.97 Å². The molecule has 98 valence electrons. The van der Waals surface area contributed by atoms with Crippen LogP contribution in [0.1, 0.15) is 12.8 Å². The minimum Gasteiger partial charge on any atom is -0.492 e. The van der Waals surface area contributed by atoms with Crippen LogP contribution in [0, 0.1) is 4.91 Å². The molecule has 0 bridgehead atoms. The van der Waals surface area contributed by atoms with E-state index in [1.165, 1.54) is 5.01 Å². The van der Waals surface area contributed by atoms with Crippen molar-refractivity contribution in [2.45, 2.75) is 12.8 Å². The van der Waals surface area contributed by atoms with E-state index in [0.717, 1.165) is 5.75 Å². The summed E-state index contributed by atoms with van der Waals surface area (Å²) >= 11 is 0. The Hall–Kier alpha value is -2.11. The van der Waals surface area contributed by atoms with Crippen LogP contribution in [0.5, 0.6) is 5.75 Å². The molecule has 0 aliphatic heterocycles. The molecule has 0 fully saturated rings. The lowest BCUT2D eigenvalue weighted by Gasteiger charge is -2.14. The molecule has 6 nitrogen and oxygen atoms in total. The Labute approximate surface area is 105 Å². The summed E-state index contributed by atoms with van der Waals surface area (Å²) in [7, 11) is 0. The van der Waals surface area contributed by atoms with E-state index >= 15 is 0 Å². The van der Waals surface area contributed by atoms with Crippen molar-refractivity contribution < 1.29 is 14.6 Å². The molecule has 6 heteroatoms. The summed E-state index contributed by atoms with van der Waals surface area (Å²) in [5, 5.41) is 12.6. The van der Waals surface area contributed by atoms with E-state index in [0.29, 0.717) is 26.1 Å². The number of carboxylic acids is 1. The van der Waals surface area contributed by atoms with Gasteiger partial charge in [-0.25, -0.2) is 0 Å². The lowest BCUT2D eigenvalue weighted by molar-refractivity contribution is -0.137. The maximum Gasteiger partial charge on any atom is 0.303 e. The van der Waals surface area contributed by atoms with Crippen molar-refractivity contribution in [1.29, 1.82) is 0 Å². The zero-order chi connectivity index (χ0) is 13.2. The molecule has 1 rings (SSSR count). The Bertz CT molecular complexity index is 370. The number of carboxylic acid groups (broad SMARTS) is 1. The second-order valence-corrected chi connectivity index (χ2v) is 3.69. The monoisotopic (exact) mass is 252 g/mol. The Kier molecular flexibility index (Phi) is 6.24. The van der Waals surface area contributed by atoms with Gasteiger partial charge in [-0.1, -0.05) is 18.2 Å². The third-order valence-electron chi connectivity index (χ3n) is 2.28. The van der Waals surface area contributed by atoms with Crippen LogP contribution in [0.25, 0.3) is 0 Å². The Morgan fingerprint density at radius 2 is 2.00 bits per heavy atom. The standard InChI is InChI=1S/C12H16N2O4/c15-12(16)7-4-8-14(13-17)9-10-18-11-5-2-1-3-6-11/h1-3,5-6H,4,7-10H2,(H,15,16). The molecule has 0 spiro atoms. The number of ether oxygens (including phenoxy) is 1. The number of nitrogens with zero attached hydrogens (tertiary/aromatic N) is 2. The van der Waals surface area contributed by atoms with Crippen LogP contribution in [0.3, 0.4) is 0 Å². The minimum atomic E-state index is -0.874. The van der Waals surface area contributed by atoms with Crippen molar-refractivity contribution in [3.8, 4) is 5.75 Å². The fraction of sp³-hybridized carbons (Fsp3) is 0.417. The van der Waals surface area contributed by atoms with Crippen LogP contribution in [0.15, 0.2) is 35.6 Å². The van der Waals surface area contributed by atoms with E-state index < -0.39 is 5.97 Å². The predicted octanol–water partition coefficient (Wildman–Crippen LogP) is 1.91. The zero-order valence-electron chi connectivity index (χ0n) is 9.99. The first-order valence-electron chi connectivity index (χ1n) is 5.70. The van der Waals surface area contributed by atoms with Gasteiger partial charge in [-0.2, -0.15) is 0 Å². The van der Waals surface area contributed by atoms with Gasteiger partial charge in [0, 0.05) is 13.0 Å². The lowest BCUT2D eigenvalue weighted by Crippen LogP contribution is -2.24. The van der Waals surface area contributed by atoms with Gasteiger partial charge in [-0.15, -0.1) is 4.91 Å². The van der Waals surface area contributed by atoms with Crippen molar-refractivity contribution in [1.82, 2.24) is 5.01 Å². The normalized spacial score (nSPS) is 9.78. The molecule has 18 heavy (non-hydrogen) atoms. The maximum absolute atomic E-state index is 10.5. The molecule has 0 aromatic heterocycles. The molecule has 0 atom stereocenters. The molecule has 0 amide bonds. The maximum atomic E-state index is 10.5. The second-order valence-electron chi connectivity index (χ2n) is 3.69. The minimum absolute atomic E-state index is 0.0333. The number of nitroso groups, excluding NO2 is 1. The molecular weight excluding hydrogens is 236 g/mol. The van der Waals surface area contributed by atoms with Gasteiger partial charge in [0.25, 0.3) is 0 Å². The van der Waals surface area contributed by atoms with Gasteiger partial charge in [0.05, 0.1) is 11.8 Å². The Morgan fingerprint density at radius 1 is 1.28 bits per heavy atom. The van der Waals surface area contributed by atoms with Gasteiger partial charge in [0.2, 0.25) is 0 Å². The van der Waals surface area contributed by atoms with Crippen molar-refractivity contribution in [3.63, 3.8) is 0 Å². The van der Waals surface area contributed by atoms with Crippen LogP contribution in [0.2, 0.25) is 0 Å². The zero-order valence-corrected chi connectivity index (χ0v) is 9.99. The quantitative estimate of drug-likeness (QED) is 0.536. The van der Waals surface area contributed by atoms with Gasteiger partial charge in [0.15, 0.2) is 0 Å². The Balaban J connectivity index is 2.19. The highest BCUT2D eigenvalue weighted by Gasteiger charge is 2.05. The smallest absolute Gasteiger partial charge is 0.303 e. The van der Waals surface area contributed by atoms with Crippen LogP contribution in [0.4, 0.5) is 0 Å². The topological polar surface area (TPSA) is 79.2 Å². The number of hydrogen-bond donors (Lipinski definition) is 1. The fourth-order valence-corrected chi connectivity index (χ4v) is 1.39. The van der Waals surface area contributed by atoms with E-state index in [2.05, 4.69) is 5.29 Å². The van der Waals surface area contributed by atoms with Crippen molar-refractivity contribution in [2.24, 2.45) is 5.29 Å². The summed E-state index contributed by atoms with van der Waals surface area (Å²) in [4.78, 5) is 20.8. The van der Waals surface area contributed by atoms with Crippen LogP contribution >= 0.6 is 0 Å². The molecule has 0 radical (unpaired) electrons. The Morgan fingerprint density at radius 3 is 2.61 bits per heavy atom. The summed E-state index contributed by atoms with van der Waals surface area (Å²) < 4.78 is 5.41. The first-order valence-corrected chi connectivity index (χ1v) is 5.70. The third kappa shape index (κ3) is 5.83. The van der Waals surface area contributed by atoms with E-state index in [4.69, 9.17) is 9.84 Å². The van der Waals surface area contributed by atoms with Gasteiger partial charge in [-0.05, 0) is 18.6 Å². The number of benzene rings is 1. The summed E-state index contributed by atoms with van der Waals surface area (Å²) in [5.74, 6) is -0.143. The number of rotatable bonds is 9. The van der Waals surface area contributed by atoms with Crippen LogP contribution in [-0.4, -0.2) is 35.8 Å². The van der Waals surface area contributed by atoms with Gasteiger partial charge >= 0.3 is 5.97 Å². The summed E-state index contributed by atoms with van der Waals surface area (Å²) in [6, 6.07) is 9.25. The molecule has 1 aromatic carbocycles. The molecule has 0 aliphatic carbocycles. The first kappa shape index (κ1) is 14.0. The molecule has 0 saturated carbocycles. The summed E-state index contributed by atoms with van der Waals surface area (Å²) in [6.07, 6.45) is 0.429. The van der Waals surface area contributed by atoms with Crippen molar-refractivity contribution in [2.75, 3.05) is 19.7 Å². The fourth-order valence-electron chi connectivity index (χ4n) is 1.39. The van der Waals surface area contributed by atoms with Gasteiger partial charge in [-0.3, -0.25) is 9.80 Å². The first-order chi connectivity index (χ1) is 8.72. The number of aliphatic carboxylic acids is 1. The molecule has 1 aromatic rings. The van der Waals surface area contributed by atoms with Crippen LogP contribution in [-0.2, 0) is 4.79 Å². The number of carbonyl (C=O) groups is 1. The van der Waals surface area contributed by atoms with Gasteiger partial charge < -0.3 is 9.84 Å². The average molecular weight is 252 g/mol. The van der Waals surface area contributed by atoms with E-state index in [9.17, 15) is 9.70 Å². The van der Waals surface area contributed by atoms with E-state index in [1.54, 1.807) is 0 Å². The summed E-state index contributed by atoms with van der Waals surface area (Å²) in [5.41, 5.74) is 0. The predicted molar refractivity (Wildman–Crippen MR) is 66.2 cm³/mol. The van der Waals surface area contributed by atoms with Crippen LogP contribution < -0.4 is 4.74 Å². The van der Waals surface area contributed by atoms with Crippen molar-refractivity contribution in [3.05, 3.63) is 35.2 Å². The molecule has 0 saturated heterocycles. The summed E-state index contributed by atoms with van der Waals surface area (Å²) in [6.45, 7) is 1.01. The third-order valence-corrected chi connectivity index (χ3v) is 2.28. The number of para-hydroxylation sites is 1. The largest absolute Gasteiger partial charge is 0.492 e. The average Bonchev–Trinajstić information content (AvgIpc) is 2.38. The molecule has 0 aliphatic rings. The van der Waals surface area contributed by atoms with E-state index in [-0.39, 0.29) is 6.42 Å². The van der Waals surface area contributed by atoms with Gasteiger partial charge in [0.1, 0.15) is 12.4 Å². The molecule has 1 N–H and O–H groups in total. The molecule has 0 unspecified atom stereocenters. The number of hydrogen-bond acceptors (Lipinski definition) is 4. The van der Waals surface area contributed by atoms with E-state index in [1.807, 2.05) is 30.3 Å².